The zero-order valence-electron chi connectivity index (χ0n) is 14.7. The van der Waals surface area contributed by atoms with Crippen LogP contribution in [0.1, 0.15) is 27.7 Å². The molecule has 2 aromatic carbocycles. The van der Waals surface area contributed by atoms with Crippen LogP contribution in [0.2, 0.25) is 5.02 Å². The van der Waals surface area contributed by atoms with Crippen molar-refractivity contribution in [2.24, 2.45) is 12.0 Å². The van der Waals surface area contributed by atoms with Gasteiger partial charge in [-0.3, -0.25) is 4.79 Å². The quantitative estimate of drug-likeness (QED) is 0.610. The van der Waals surface area contributed by atoms with Crippen molar-refractivity contribution >= 4 is 28.8 Å². The van der Waals surface area contributed by atoms with Gasteiger partial charge in [-0.2, -0.15) is 4.99 Å². The minimum Gasteiger partial charge on any atom is -0.319 e. The number of aryl methyl sites for hydroxylation is 2. The third-order valence-electron chi connectivity index (χ3n) is 4.16. The third-order valence-corrected chi connectivity index (χ3v) is 5.84. The highest BCUT2D eigenvalue weighted by Crippen LogP contribution is 2.26. The van der Waals surface area contributed by atoms with Crippen LogP contribution in [0.4, 0.5) is 4.39 Å². The fourth-order valence-electron chi connectivity index (χ4n) is 2.69. The highest BCUT2D eigenvalue weighted by Gasteiger charge is 2.14. The summed E-state index contributed by atoms with van der Waals surface area (Å²) >= 11 is 7.57. The number of aromatic nitrogens is 1. The van der Waals surface area contributed by atoms with E-state index in [0.29, 0.717) is 15.4 Å². The first-order chi connectivity index (χ1) is 12.4. The Morgan fingerprint density at radius 3 is 2.54 bits per heavy atom. The molecule has 0 aliphatic carbocycles. The van der Waals surface area contributed by atoms with Gasteiger partial charge in [0.2, 0.25) is 0 Å². The molecule has 26 heavy (non-hydrogen) atoms. The Kier molecular flexibility index (Phi) is 5.39. The molecule has 0 saturated heterocycles. The van der Waals surface area contributed by atoms with E-state index >= 15 is 0 Å². The van der Waals surface area contributed by atoms with Crippen LogP contribution in [-0.4, -0.2) is 10.5 Å². The van der Waals surface area contributed by atoms with Crippen molar-refractivity contribution in [3.05, 3.63) is 74.1 Å². The molecular weight excluding hydrogens is 371 g/mol. The zero-order valence-corrected chi connectivity index (χ0v) is 16.3. The van der Waals surface area contributed by atoms with Crippen LogP contribution < -0.4 is 4.80 Å². The van der Waals surface area contributed by atoms with Crippen molar-refractivity contribution in [3.63, 3.8) is 0 Å². The van der Waals surface area contributed by atoms with Crippen LogP contribution in [0, 0.1) is 12.7 Å². The van der Waals surface area contributed by atoms with Crippen molar-refractivity contribution in [1.29, 1.82) is 0 Å². The zero-order chi connectivity index (χ0) is 18.8. The minimum absolute atomic E-state index is 0.277. The number of hydrogen-bond acceptors (Lipinski definition) is 2. The Hall–Kier alpha value is -2.24. The van der Waals surface area contributed by atoms with E-state index in [4.69, 9.17) is 11.6 Å². The molecule has 0 radical (unpaired) electrons. The van der Waals surface area contributed by atoms with Gasteiger partial charge in [0.15, 0.2) is 4.80 Å². The maximum atomic E-state index is 13.2. The van der Waals surface area contributed by atoms with E-state index in [2.05, 4.69) is 4.99 Å². The molecule has 0 N–H and O–H groups in total. The topological polar surface area (TPSA) is 34.4 Å². The highest BCUT2D eigenvalue weighted by molar-refractivity contribution is 7.09. The summed E-state index contributed by atoms with van der Waals surface area (Å²) in [6.07, 6.45) is 0.797. The molecule has 3 aromatic rings. The number of carbonyl (C=O) groups excluding carboxylic acids is 1. The van der Waals surface area contributed by atoms with Crippen molar-refractivity contribution in [1.82, 2.24) is 4.57 Å². The van der Waals surface area contributed by atoms with Gasteiger partial charge in [0.1, 0.15) is 5.82 Å². The average molecular weight is 389 g/mol. The Morgan fingerprint density at radius 1 is 1.23 bits per heavy atom. The van der Waals surface area contributed by atoms with E-state index in [9.17, 15) is 9.18 Å². The molecule has 0 fully saturated rings. The van der Waals surface area contributed by atoms with Crippen LogP contribution in [0.25, 0.3) is 11.3 Å². The lowest BCUT2D eigenvalue weighted by atomic mass is 10.1. The van der Waals surface area contributed by atoms with Crippen molar-refractivity contribution in [3.8, 4) is 11.3 Å². The largest absolute Gasteiger partial charge is 0.319 e. The summed E-state index contributed by atoms with van der Waals surface area (Å²) in [5.74, 6) is -0.613. The van der Waals surface area contributed by atoms with Crippen LogP contribution in [0.3, 0.4) is 0 Å². The molecule has 1 heterocycles. The maximum absolute atomic E-state index is 13.2. The van der Waals surface area contributed by atoms with Gasteiger partial charge in [0.25, 0.3) is 5.91 Å². The van der Waals surface area contributed by atoms with Gasteiger partial charge in [-0.25, -0.2) is 4.39 Å². The summed E-state index contributed by atoms with van der Waals surface area (Å²) in [5, 5.41) is 0.544. The number of halogens is 2. The summed E-state index contributed by atoms with van der Waals surface area (Å²) < 4.78 is 15.1. The maximum Gasteiger partial charge on any atom is 0.279 e. The van der Waals surface area contributed by atoms with E-state index in [-0.39, 0.29) is 11.7 Å². The monoisotopic (exact) mass is 388 g/mol. The minimum atomic E-state index is -0.336. The average Bonchev–Trinajstić information content (AvgIpc) is 2.94. The first kappa shape index (κ1) is 18.5. The number of thiazole rings is 1. The standard InChI is InChI=1S/C20H18ClFN2OS/c1-4-17-18(13-7-9-15(22)10-8-13)24(3)20(26-17)23-19(25)14-6-5-12(2)16(21)11-14/h5-11H,4H2,1-3H3. The number of nitrogens with zero attached hydrogens (tertiary/aromatic N) is 2. The molecule has 0 unspecified atom stereocenters. The molecule has 0 aliphatic heterocycles. The van der Waals surface area contributed by atoms with Gasteiger partial charge in [0, 0.05) is 22.5 Å². The number of benzene rings is 2. The second kappa shape index (κ2) is 7.56. The Bertz CT molecular complexity index is 1030. The van der Waals surface area contributed by atoms with Gasteiger partial charge in [-0.05, 0) is 60.9 Å². The SMILES string of the molecule is CCc1sc(=NC(=O)c2ccc(C)c(Cl)c2)n(C)c1-c1ccc(F)cc1. The first-order valence-corrected chi connectivity index (χ1v) is 9.40. The van der Waals surface area contributed by atoms with Crippen LogP contribution in [-0.2, 0) is 13.5 Å². The van der Waals surface area contributed by atoms with E-state index < -0.39 is 0 Å². The predicted octanol–water partition coefficient (Wildman–Crippen LogP) is 5.16. The van der Waals surface area contributed by atoms with Crippen molar-refractivity contribution < 1.29 is 9.18 Å². The first-order valence-electron chi connectivity index (χ1n) is 8.20. The molecule has 0 bridgehead atoms. The summed E-state index contributed by atoms with van der Waals surface area (Å²) in [6.45, 7) is 3.93. The Labute approximate surface area is 160 Å². The summed E-state index contributed by atoms with van der Waals surface area (Å²) in [6, 6.07) is 11.5. The van der Waals surface area contributed by atoms with Gasteiger partial charge in [-0.1, -0.05) is 24.6 Å². The van der Waals surface area contributed by atoms with E-state index in [1.165, 1.54) is 23.5 Å². The molecular formula is C20H18ClFN2OS. The summed E-state index contributed by atoms with van der Waals surface area (Å²) in [7, 11) is 1.86. The summed E-state index contributed by atoms with van der Waals surface area (Å²) in [4.78, 5) is 18.5. The number of amides is 1. The summed E-state index contributed by atoms with van der Waals surface area (Å²) in [5.41, 5.74) is 3.22. The normalized spacial score (nSPS) is 11.8. The molecule has 0 aliphatic rings. The lowest BCUT2D eigenvalue weighted by Crippen LogP contribution is -2.14. The fraction of sp³-hybridized carbons (Fsp3) is 0.200. The van der Waals surface area contributed by atoms with Gasteiger partial charge in [0.05, 0.1) is 5.69 Å². The molecule has 3 nitrogen and oxygen atoms in total. The second-order valence-electron chi connectivity index (χ2n) is 5.96. The van der Waals surface area contributed by atoms with Crippen molar-refractivity contribution in [2.75, 3.05) is 0 Å². The molecule has 3 rings (SSSR count). The van der Waals surface area contributed by atoms with Crippen LogP contribution in [0.15, 0.2) is 47.5 Å². The smallest absolute Gasteiger partial charge is 0.279 e. The van der Waals surface area contributed by atoms with E-state index in [0.717, 1.165) is 28.1 Å². The van der Waals surface area contributed by atoms with Crippen LogP contribution >= 0.6 is 22.9 Å². The number of carbonyl (C=O) groups is 1. The lowest BCUT2D eigenvalue weighted by Gasteiger charge is -2.05. The Balaban J connectivity index is 2.08. The second-order valence-corrected chi connectivity index (χ2v) is 7.43. The van der Waals surface area contributed by atoms with Gasteiger partial charge < -0.3 is 4.57 Å². The van der Waals surface area contributed by atoms with E-state index in [1.54, 1.807) is 30.3 Å². The molecule has 1 aromatic heterocycles. The van der Waals surface area contributed by atoms with Crippen molar-refractivity contribution in [2.45, 2.75) is 20.3 Å². The molecule has 134 valence electrons. The molecule has 6 heteroatoms. The number of hydrogen-bond donors (Lipinski definition) is 0. The fourth-order valence-corrected chi connectivity index (χ4v) is 3.94. The third kappa shape index (κ3) is 3.64. The number of rotatable bonds is 3. The molecule has 0 saturated carbocycles. The van der Waals surface area contributed by atoms with E-state index in [1.807, 2.05) is 25.5 Å². The molecule has 0 spiro atoms. The predicted molar refractivity (Wildman–Crippen MR) is 104 cm³/mol. The van der Waals surface area contributed by atoms with Gasteiger partial charge in [-0.15, -0.1) is 11.3 Å². The highest BCUT2D eigenvalue weighted by atomic mass is 35.5. The van der Waals surface area contributed by atoms with Crippen LogP contribution in [0.5, 0.6) is 0 Å². The lowest BCUT2D eigenvalue weighted by molar-refractivity contribution is 0.0998. The molecule has 1 amide bonds. The Morgan fingerprint density at radius 2 is 1.92 bits per heavy atom. The molecule has 0 atom stereocenters. The van der Waals surface area contributed by atoms with Gasteiger partial charge >= 0.3 is 0 Å².